The zero-order chi connectivity index (χ0) is 30.9. The van der Waals surface area contributed by atoms with Crippen LogP contribution in [0.2, 0.25) is 0 Å². The first-order valence-corrected chi connectivity index (χ1v) is 12.8. The van der Waals surface area contributed by atoms with Gasteiger partial charge >= 0.3 is 18.5 Å². The molecular weight excluding hydrogens is 590 g/mol. The summed E-state index contributed by atoms with van der Waals surface area (Å²) in [4.78, 5) is 16.3. The lowest BCUT2D eigenvalue weighted by Crippen LogP contribution is -2.42. The number of aliphatic hydroxyl groups excluding tert-OH is 1. The van der Waals surface area contributed by atoms with Gasteiger partial charge in [0.1, 0.15) is 17.4 Å². The number of ether oxygens (including phenoxy) is 1. The maximum absolute atomic E-state index is 14.1. The fraction of sp³-hybridized carbons (Fsp3) is 0.333. The Morgan fingerprint density at radius 2 is 1.79 bits per heavy atom. The second kappa shape index (κ2) is 11.7. The number of carboxylic acid groups (broad SMARTS) is 1. The van der Waals surface area contributed by atoms with Crippen molar-refractivity contribution in [3.05, 3.63) is 65.2 Å². The van der Waals surface area contributed by atoms with Crippen LogP contribution in [-0.2, 0) is 17.1 Å². The lowest BCUT2D eigenvalue weighted by molar-refractivity contribution is -0.137. The molecule has 16 heteroatoms. The second-order valence-electron chi connectivity index (χ2n) is 9.75. The molecule has 1 aliphatic heterocycles. The highest BCUT2D eigenvalue weighted by Crippen LogP contribution is 2.44. The Morgan fingerprint density at radius 3 is 2.47 bits per heavy atom. The number of β-amino-alcohol motifs (C(OH)–C–C–N with tert-alkyl or cyclic N) is 1. The van der Waals surface area contributed by atoms with E-state index in [-0.39, 0.29) is 24.2 Å². The average Bonchev–Trinajstić information content (AvgIpc) is 3.60. The number of nitrogens with zero attached hydrogens (tertiary/aromatic N) is 4. The van der Waals surface area contributed by atoms with Gasteiger partial charge in [0, 0.05) is 24.2 Å². The van der Waals surface area contributed by atoms with Crippen molar-refractivity contribution in [2.75, 3.05) is 19.6 Å². The molecule has 3 heterocycles. The lowest BCUT2D eigenvalue weighted by Gasteiger charge is -2.33. The number of benzene rings is 2. The first-order valence-electron chi connectivity index (χ1n) is 12.8. The Bertz CT molecular complexity index is 1590. The van der Waals surface area contributed by atoms with E-state index in [1.54, 1.807) is 11.0 Å². The van der Waals surface area contributed by atoms with E-state index in [1.807, 2.05) is 0 Å². The van der Waals surface area contributed by atoms with E-state index < -0.39 is 70.6 Å². The van der Waals surface area contributed by atoms with Crippen LogP contribution in [0.25, 0.3) is 34.3 Å². The van der Waals surface area contributed by atoms with Crippen molar-refractivity contribution in [2.45, 2.75) is 37.4 Å². The molecule has 0 spiro atoms. The summed E-state index contributed by atoms with van der Waals surface area (Å²) < 4.78 is 99.0. The van der Waals surface area contributed by atoms with Gasteiger partial charge in [-0.1, -0.05) is 52.8 Å². The molecular formula is C27H22F6N4O6. The maximum Gasteiger partial charge on any atom is 0.506 e. The molecule has 2 aromatic carbocycles. The fourth-order valence-corrected chi connectivity index (χ4v) is 4.88. The Kier molecular flexibility index (Phi) is 8.16. The molecule has 2 atom stereocenters. The van der Waals surface area contributed by atoms with E-state index in [2.05, 4.69) is 15.3 Å². The normalized spacial score (nSPS) is 17.1. The number of hydrogen-bond donors (Lipinski definition) is 2. The highest BCUT2D eigenvalue weighted by Gasteiger charge is 2.43. The predicted molar refractivity (Wildman–Crippen MR) is 134 cm³/mol. The standard InChI is InChI=1S/C27H22F6N4O6/c28-26(29,30)18-11-15(19(38)13-37-10-4-7-16(12-37)41-25(39)40)8-9-17(18)23-34-24(43-36-23)22-20(27(31,32)33)21(35-42-22)14-5-2-1-3-6-14/h1-3,5-6,8-9,11,16,19,38H,4,7,10,12-13H2,(H,39,40)/t16-,19?/m0/s1. The molecule has 5 rings (SSSR count). The second-order valence-corrected chi connectivity index (χ2v) is 9.75. The third-order valence-electron chi connectivity index (χ3n) is 6.78. The number of piperidine rings is 1. The number of alkyl halides is 6. The van der Waals surface area contributed by atoms with E-state index in [9.17, 15) is 36.2 Å². The summed E-state index contributed by atoms with van der Waals surface area (Å²) in [5, 5.41) is 26.5. The molecule has 0 amide bonds. The van der Waals surface area contributed by atoms with Crippen LogP contribution in [0, 0.1) is 0 Å². The Balaban J connectivity index is 1.44. The Morgan fingerprint density at radius 1 is 1.05 bits per heavy atom. The van der Waals surface area contributed by atoms with Crippen LogP contribution in [0.1, 0.15) is 35.6 Å². The molecule has 0 aliphatic carbocycles. The smallest absolute Gasteiger partial charge is 0.450 e. The molecule has 0 saturated carbocycles. The van der Waals surface area contributed by atoms with Gasteiger partial charge in [-0.25, -0.2) is 4.79 Å². The number of likely N-dealkylation sites (tertiary alicyclic amines) is 1. The molecule has 228 valence electrons. The van der Waals surface area contributed by atoms with Crippen LogP contribution in [0.15, 0.2) is 57.6 Å². The van der Waals surface area contributed by atoms with Gasteiger partial charge in [0.15, 0.2) is 0 Å². The van der Waals surface area contributed by atoms with E-state index in [0.29, 0.717) is 25.5 Å². The van der Waals surface area contributed by atoms with Gasteiger partial charge in [-0.05, 0) is 31.0 Å². The molecule has 4 aromatic rings. The van der Waals surface area contributed by atoms with Gasteiger partial charge in [-0.2, -0.15) is 31.3 Å². The Labute approximate surface area is 238 Å². The van der Waals surface area contributed by atoms with Gasteiger partial charge in [-0.15, -0.1) is 0 Å². The summed E-state index contributed by atoms with van der Waals surface area (Å²) in [6.45, 7) is 0.532. The van der Waals surface area contributed by atoms with Crippen molar-refractivity contribution >= 4 is 6.16 Å². The van der Waals surface area contributed by atoms with Crippen molar-refractivity contribution in [1.29, 1.82) is 0 Å². The molecule has 2 N–H and O–H groups in total. The number of aromatic nitrogens is 3. The van der Waals surface area contributed by atoms with Crippen LogP contribution in [0.3, 0.4) is 0 Å². The van der Waals surface area contributed by atoms with Gasteiger partial charge in [-0.3, -0.25) is 4.90 Å². The van der Waals surface area contributed by atoms with Crippen molar-refractivity contribution in [3.63, 3.8) is 0 Å². The van der Waals surface area contributed by atoms with Crippen LogP contribution in [-0.4, -0.2) is 62.3 Å². The first kappa shape index (κ1) is 30.0. The number of halogens is 6. The van der Waals surface area contributed by atoms with Crippen molar-refractivity contribution < 1.29 is 55.1 Å². The van der Waals surface area contributed by atoms with E-state index in [4.69, 9.17) is 18.9 Å². The summed E-state index contributed by atoms with van der Waals surface area (Å²) in [5.41, 5.74) is -3.80. The summed E-state index contributed by atoms with van der Waals surface area (Å²) in [7, 11) is 0. The summed E-state index contributed by atoms with van der Waals surface area (Å²) in [6, 6.07) is 10.2. The topological polar surface area (TPSA) is 135 Å². The minimum absolute atomic E-state index is 0.0764. The zero-order valence-electron chi connectivity index (χ0n) is 21.9. The molecule has 1 aliphatic rings. The minimum atomic E-state index is -4.99. The number of hydrogen-bond acceptors (Lipinski definition) is 9. The SMILES string of the molecule is O=C(O)O[C@H]1CCCN(CC(O)c2ccc(-c3noc(-c4onc(-c5ccccc5)c4C(F)(F)F)n3)c(C(F)(F)F)c2)C1. The first-order chi connectivity index (χ1) is 20.3. The third kappa shape index (κ3) is 6.64. The van der Waals surface area contributed by atoms with Gasteiger partial charge in [0.25, 0.3) is 5.89 Å². The Hall–Kier alpha value is -4.44. The minimum Gasteiger partial charge on any atom is -0.450 e. The van der Waals surface area contributed by atoms with Gasteiger partial charge in [0.05, 0.1) is 11.7 Å². The molecule has 1 unspecified atom stereocenters. The summed E-state index contributed by atoms with van der Waals surface area (Å²) in [5.74, 6) is -2.46. The molecule has 2 aromatic heterocycles. The number of carbonyl (C=O) groups is 1. The summed E-state index contributed by atoms with van der Waals surface area (Å²) >= 11 is 0. The van der Waals surface area contributed by atoms with Gasteiger partial charge in [0.2, 0.25) is 11.6 Å². The fourth-order valence-electron chi connectivity index (χ4n) is 4.88. The molecule has 0 radical (unpaired) electrons. The zero-order valence-corrected chi connectivity index (χ0v) is 21.9. The van der Waals surface area contributed by atoms with Crippen molar-refractivity contribution in [3.8, 4) is 34.3 Å². The quantitative estimate of drug-likeness (QED) is 0.181. The largest absolute Gasteiger partial charge is 0.506 e. The van der Waals surface area contributed by atoms with E-state index in [1.165, 1.54) is 30.3 Å². The number of rotatable bonds is 7. The molecule has 1 saturated heterocycles. The predicted octanol–water partition coefficient (Wildman–Crippen LogP) is 6.29. The van der Waals surface area contributed by atoms with Crippen LogP contribution in [0.4, 0.5) is 31.1 Å². The lowest BCUT2D eigenvalue weighted by atomic mass is 9.99. The van der Waals surface area contributed by atoms with Crippen LogP contribution < -0.4 is 0 Å². The van der Waals surface area contributed by atoms with Crippen molar-refractivity contribution in [1.82, 2.24) is 20.2 Å². The van der Waals surface area contributed by atoms with E-state index >= 15 is 0 Å². The maximum atomic E-state index is 14.1. The molecule has 0 bridgehead atoms. The van der Waals surface area contributed by atoms with Gasteiger partial charge < -0.3 is 24.0 Å². The van der Waals surface area contributed by atoms with Crippen molar-refractivity contribution in [2.24, 2.45) is 0 Å². The van der Waals surface area contributed by atoms with Crippen LogP contribution >= 0.6 is 0 Å². The highest BCUT2D eigenvalue weighted by atomic mass is 19.4. The third-order valence-corrected chi connectivity index (χ3v) is 6.78. The monoisotopic (exact) mass is 612 g/mol. The summed E-state index contributed by atoms with van der Waals surface area (Å²) in [6.07, 6.45) is -12.4. The van der Waals surface area contributed by atoms with Crippen LogP contribution in [0.5, 0.6) is 0 Å². The molecule has 10 nitrogen and oxygen atoms in total. The average molecular weight is 612 g/mol. The molecule has 43 heavy (non-hydrogen) atoms. The van der Waals surface area contributed by atoms with E-state index in [0.717, 1.165) is 6.07 Å². The molecule has 1 fully saturated rings. The number of aliphatic hydroxyl groups is 1. The highest BCUT2D eigenvalue weighted by molar-refractivity contribution is 5.71.